The van der Waals surface area contributed by atoms with E-state index in [0.29, 0.717) is 4.88 Å². The summed E-state index contributed by atoms with van der Waals surface area (Å²) < 4.78 is 19.9. The van der Waals surface area contributed by atoms with Crippen LogP contribution in [0.5, 0.6) is 0 Å². The first kappa shape index (κ1) is 21.9. The Labute approximate surface area is 180 Å². The number of carbonyl (C=O) groups is 1. The van der Waals surface area contributed by atoms with Crippen molar-refractivity contribution in [1.82, 2.24) is 25.4 Å². The summed E-state index contributed by atoms with van der Waals surface area (Å²) in [5, 5.41) is 1.17. The summed E-state index contributed by atoms with van der Waals surface area (Å²) in [5.41, 5.74) is 3.36. The van der Waals surface area contributed by atoms with Crippen LogP contribution in [0.25, 0.3) is 10.7 Å². The molecule has 1 amide bonds. The third-order valence-electron chi connectivity index (χ3n) is 4.08. The maximum atomic E-state index is 14.6. The van der Waals surface area contributed by atoms with Crippen molar-refractivity contribution in [2.45, 2.75) is 44.9 Å². The maximum Gasteiger partial charge on any atom is 0.424 e. The Kier molecular flexibility index (Phi) is 6.47. The zero-order valence-corrected chi connectivity index (χ0v) is 18.3. The molecule has 29 heavy (non-hydrogen) atoms. The average molecular weight is 464 g/mol. The van der Waals surface area contributed by atoms with E-state index >= 15 is 0 Å². The average Bonchev–Trinajstić information content (AvgIpc) is 2.93. The number of alkyl halides is 1. The van der Waals surface area contributed by atoms with E-state index in [-0.39, 0.29) is 41.2 Å². The van der Waals surface area contributed by atoms with Gasteiger partial charge in [-0.3, -0.25) is 4.79 Å². The molecule has 12 heteroatoms. The van der Waals surface area contributed by atoms with Crippen LogP contribution in [0.2, 0.25) is 10.2 Å². The number of hydrogen-bond donors (Lipinski definition) is 2. The highest BCUT2D eigenvalue weighted by Crippen LogP contribution is 2.32. The molecule has 2 N–H and O–H groups in total. The summed E-state index contributed by atoms with van der Waals surface area (Å²) in [5.74, 6) is -0.330. The molecule has 3 heterocycles. The Morgan fingerprint density at radius 1 is 1.41 bits per heavy atom. The van der Waals surface area contributed by atoms with Crippen molar-refractivity contribution >= 4 is 40.6 Å². The molecule has 1 aliphatic heterocycles. The lowest BCUT2D eigenvalue weighted by Gasteiger charge is -2.27. The number of amides is 1. The fourth-order valence-corrected chi connectivity index (χ4v) is 4.05. The zero-order valence-electron chi connectivity index (χ0n) is 16.0. The van der Waals surface area contributed by atoms with Gasteiger partial charge in [-0.05, 0) is 27.2 Å². The minimum Gasteiger partial charge on any atom is -0.443 e. The van der Waals surface area contributed by atoms with Gasteiger partial charge in [-0.1, -0.05) is 23.2 Å². The number of thiazole rings is 1. The highest BCUT2D eigenvalue weighted by molar-refractivity contribution is 7.13. The SMILES string of the molecule is CC(C)(C)OC(=O)N1CC(F)CC(c2nc(-c3scnc3Cl)[nH]c(=O)c2Cl)CN1. The van der Waals surface area contributed by atoms with E-state index in [1.165, 1.54) is 16.8 Å². The van der Waals surface area contributed by atoms with Gasteiger partial charge in [0.25, 0.3) is 5.56 Å². The molecular weight excluding hydrogens is 444 g/mol. The van der Waals surface area contributed by atoms with Crippen LogP contribution in [-0.2, 0) is 4.74 Å². The minimum atomic E-state index is -1.37. The number of rotatable bonds is 2. The molecule has 2 atom stereocenters. The van der Waals surface area contributed by atoms with Crippen molar-refractivity contribution in [1.29, 1.82) is 0 Å². The molecule has 3 rings (SSSR count). The van der Waals surface area contributed by atoms with Crippen LogP contribution < -0.4 is 11.0 Å². The van der Waals surface area contributed by atoms with E-state index in [9.17, 15) is 14.0 Å². The third-order valence-corrected chi connectivity index (χ3v) is 5.67. The molecule has 1 fully saturated rings. The topological polar surface area (TPSA) is 100 Å². The fourth-order valence-electron chi connectivity index (χ4n) is 2.85. The van der Waals surface area contributed by atoms with Crippen LogP contribution >= 0.6 is 34.5 Å². The van der Waals surface area contributed by atoms with Gasteiger partial charge in [0.15, 0.2) is 11.0 Å². The van der Waals surface area contributed by atoms with Crippen LogP contribution in [0.15, 0.2) is 10.3 Å². The van der Waals surface area contributed by atoms with Crippen LogP contribution in [-0.4, -0.2) is 50.9 Å². The molecule has 2 aromatic rings. The fraction of sp³-hybridized carbons (Fsp3) is 0.529. The molecule has 0 bridgehead atoms. The second-order valence-corrected chi connectivity index (χ2v) is 9.16. The molecule has 2 aromatic heterocycles. The van der Waals surface area contributed by atoms with Gasteiger partial charge in [0.2, 0.25) is 0 Å². The van der Waals surface area contributed by atoms with Crippen LogP contribution in [0.3, 0.4) is 0 Å². The summed E-state index contributed by atoms with van der Waals surface area (Å²) in [6.45, 7) is 5.13. The van der Waals surface area contributed by atoms with E-state index in [1.54, 1.807) is 20.8 Å². The van der Waals surface area contributed by atoms with Crippen molar-refractivity contribution < 1.29 is 13.9 Å². The number of H-pyrrole nitrogens is 1. The standard InChI is InChI=1S/C17H20Cl2FN5O3S/c1-17(2,3)28-16(27)25-6-9(20)4-8(5-22-25)11-10(18)15(26)24-14(23-11)12-13(19)21-7-29-12/h7-9,22H,4-6H2,1-3H3,(H,23,24,26). The third kappa shape index (κ3) is 5.25. The second-order valence-electron chi connectivity index (χ2n) is 7.57. The van der Waals surface area contributed by atoms with Gasteiger partial charge in [-0.2, -0.15) is 0 Å². The number of aromatic nitrogens is 3. The summed E-state index contributed by atoms with van der Waals surface area (Å²) in [6, 6.07) is 0. The molecular formula is C17H20Cl2FN5O3S. The first-order chi connectivity index (χ1) is 13.5. The van der Waals surface area contributed by atoms with Crippen molar-refractivity contribution in [2.24, 2.45) is 0 Å². The second kappa shape index (κ2) is 8.55. The summed E-state index contributed by atoms with van der Waals surface area (Å²) in [7, 11) is 0. The van der Waals surface area contributed by atoms with Gasteiger partial charge in [0, 0.05) is 12.5 Å². The maximum absolute atomic E-state index is 14.6. The van der Waals surface area contributed by atoms with Crippen LogP contribution in [0.1, 0.15) is 38.8 Å². The van der Waals surface area contributed by atoms with Crippen molar-refractivity contribution in [3.8, 4) is 10.7 Å². The Hall–Kier alpha value is -1.75. The van der Waals surface area contributed by atoms with Gasteiger partial charge in [-0.25, -0.2) is 29.6 Å². The van der Waals surface area contributed by atoms with Gasteiger partial charge in [-0.15, -0.1) is 11.3 Å². The zero-order chi connectivity index (χ0) is 21.3. The molecule has 0 aliphatic carbocycles. The van der Waals surface area contributed by atoms with E-state index in [0.717, 1.165) is 5.01 Å². The predicted octanol–water partition coefficient (Wildman–Crippen LogP) is 3.77. The molecule has 0 aromatic carbocycles. The summed E-state index contributed by atoms with van der Waals surface area (Å²) >= 11 is 13.4. The molecule has 8 nitrogen and oxygen atoms in total. The van der Waals surface area contributed by atoms with E-state index in [1.807, 2.05) is 0 Å². The lowest BCUT2D eigenvalue weighted by atomic mass is 9.98. The molecule has 158 valence electrons. The minimum absolute atomic E-state index is 0.0261. The molecule has 2 unspecified atom stereocenters. The highest BCUT2D eigenvalue weighted by atomic mass is 35.5. The predicted molar refractivity (Wildman–Crippen MR) is 109 cm³/mol. The Bertz CT molecular complexity index is 961. The Morgan fingerprint density at radius 3 is 2.76 bits per heavy atom. The normalized spacial score (nSPS) is 20.4. The number of nitrogens with zero attached hydrogens (tertiary/aromatic N) is 3. The first-order valence-corrected chi connectivity index (χ1v) is 10.5. The van der Waals surface area contributed by atoms with Crippen LogP contribution in [0, 0.1) is 0 Å². The van der Waals surface area contributed by atoms with E-state index in [4.69, 9.17) is 27.9 Å². The Balaban J connectivity index is 1.87. The van der Waals surface area contributed by atoms with Crippen molar-refractivity contribution in [3.05, 3.63) is 31.7 Å². The first-order valence-electron chi connectivity index (χ1n) is 8.82. The number of hydrogen-bond acceptors (Lipinski definition) is 7. The van der Waals surface area contributed by atoms with E-state index in [2.05, 4.69) is 20.4 Å². The highest BCUT2D eigenvalue weighted by Gasteiger charge is 2.32. The van der Waals surface area contributed by atoms with Gasteiger partial charge < -0.3 is 9.72 Å². The number of carbonyl (C=O) groups excluding carboxylic acids is 1. The largest absolute Gasteiger partial charge is 0.443 e. The summed E-state index contributed by atoms with van der Waals surface area (Å²) in [6.07, 6.45) is -2.02. The lowest BCUT2D eigenvalue weighted by Crippen LogP contribution is -2.47. The molecule has 1 saturated heterocycles. The number of hydrazine groups is 1. The van der Waals surface area contributed by atoms with Gasteiger partial charge in [0.05, 0.1) is 17.7 Å². The monoisotopic (exact) mass is 463 g/mol. The number of halogens is 3. The number of nitrogens with one attached hydrogen (secondary N) is 2. The summed E-state index contributed by atoms with van der Waals surface area (Å²) in [4.78, 5) is 36.0. The van der Waals surface area contributed by atoms with Gasteiger partial charge in [0.1, 0.15) is 21.7 Å². The van der Waals surface area contributed by atoms with Gasteiger partial charge >= 0.3 is 6.09 Å². The molecule has 0 saturated carbocycles. The quantitative estimate of drug-likeness (QED) is 0.702. The smallest absolute Gasteiger partial charge is 0.424 e. The van der Waals surface area contributed by atoms with Crippen LogP contribution in [0.4, 0.5) is 9.18 Å². The van der Waals surface area contributed by atoms with Crippen molar-refractivity contribution in [2.75, 3.05) is 13.1 Å². The molecule has 1 aliphatic rings. The number of aromatic amines is 1. The van der Waals surface area contributed by atoms with E-state index < -0.39 is 29.3 Å². The molecule has 0 spiro atoms. The van der Waals surface area contributed by atoms with Crippen molar-refractivity contribution in [3.63, 3.8) is 0 Å². The Morgan fingerprint density at radius 2 is 2.14 bits per heavy atom. The number of ether oxygens (including phenoxy) is 1. The molecule has 0 radical (unpaired) electrons. The lowest BCUT2D eigenvalue weighted by molar-refractivity contribution is 0.0109.